The number of nitrogens with zero attached hydrogens (tertiary/aromatic N) is 2. The van der Waals surface area contributed by atoms with Crippen LogP contribution in [-0.4, -0.2) is 16.1 Å². The normalized spacial score (nSPS) is 11.8. The molecule has 2 aromatic rings. The molecule has 1 aromatic carbocycles. The number of rotatable bonds is 5. The highest BCUT2D eigenvalue weighted by atomic mass is 79.9. The van der Waals surface area contributed by atoms with Crippen LogP contribution in [0.3, 0.4) is 0 Å². The van der Waals surface area contributed by atoms with Crippen molar-refractivity contribution in [3.8, 4) is 11.3 Å². The zero-order chi connectivity index (χ0) is 13.9. The maximum atomic E-state index is 6.04. The Labute approximate surface area is 123 Å². The van der Waals surface area contributed by atoms with Crippen molar-refractivity contribution in [3.63, 3.8) is 0 Å². The lowest BCUT2D eigenvalue weighted by Gasteiger charge is -2.33. The van der Waals surface area contributed by atoms with E-state index in [1.807, 2.05) is 24.7 Å². The van der Waals surface area contributed by atoms with E-state index < -0.39 is 0 Å². The van der Waals surface area contributed by atoms with Crippen molar-refractivity contribution in [2.24, 2.45) is 5.73 Å². The molecule has 19 heavy (non-hydrogen) atoms. The quantitative estimate of drug-likeness (QED) is 0.910. The molecule has 0 spiro atoms. The summed E-state index contributed by atoms with van der Waals surface area (Å²) in [7, 11) is 0. The van der Waals surface area contributed by atoms with Crippen molar-refractivity contribution in [1.29, 1.82) is 0 Å². The Bertz CT molecular complexity index is 536. The van der Waals surface area contributed by atoms with Gasteiger partial charge in [-0.3, -0.25) is 0 Å². The van der Waals surface area contributed by atoms with Gasteiger partial charge in [0.1, 0.15) is 0 Å². The molecular formula is C15H20BrN3. The minimum absolute atomic E-state index is 0.0544. The highest BCUT2D eigenvalue weighted by Gasteiger charge is 2.29. The molecule has 0 aliphatic carbocycles. The number of aromatic nitrogens is 2. The van der Waals surface area contributed by atoms with E-state index in [9.17, 15) is 0 Å². The molecular weight excluding hydrogens is 302 g/mol. The molecule has 0 unspecified atom stereocenters. The summed E-state index contributed by atoms with van der Waals surface area (Å²) in [5.41, 5.74) is 8.26. The minimum Gasteiger partial charge on any atom is -0.328 e. The maximum Gasteiger partial charge on any atom is 0.0956 e. The third-order valence-electron chi connectivity index (χ3n) is 4.00. The summed E-state index contributed by atoms with van der Waals surface area (Å²) < 4.78 is 3.31. The molecule has 0 atom stereocenters. The molecule has 0 saturated carbocycles. The zero-order valence-electron chi connectivity index (χ0n) is 11.4. The van der Waals surface area contributed by atoms with Gasteiger partial charge < -0.3 is 10.3 Å². The predicted octanol–water partition coefficient (Wildman–Crippen LogP) is 3.79. The van der Waals surface area contributed by atoms with E-state index >= 15 is 0 Å². The molecule has 0 fully saturated rings. The summed E-state index contributed by atoms with van der Waals surface area (Å²) in [6.07, 6.45) is 5.80. The van der Waals surface area contributed by atoms with Crippen molar-refractivity contribution in [1.82, 2.24) is 9.55 Å². The fraction of sp³-hybridized carbons (Fsp3) is 0.400. The van der Waals surface area contributed by atoms with Gasteiger partial charge in [-0.1, -0.05) is 48.0 Å². The van der Waals surface area contributed by atoms with Crippen LogP contribution in [0.4, 0.5) is 0 Å². The van der Waals surface area contributed by atoms with Crippen molar-refractivity contribution in [2.75, 3.05) is 6.54 Å². The molecule has 0 bridgehead atoms. The average molecular weight is 322 g/mol. The number of halogens is 1. The second-order valence-corrected chi connectivity index (χ2v) is 5.62. The van der Waals surface area contributed by atoms with E-state index in [2.05, 4.69) is 51.5 Å². The number of hydrogen-bond donors (Lipinski definition) is 1. The molecule has 1 heterocycles. The fourth-order valence-corrected chi connectivity index (χ4v) is 3.01. The lowest BCUT2D eigenvalue weighted by atomic mass is 9.92. The monoisotopic (exact) mass is 321 g/mol. The number of imidazole rings is 1. The van der Waals surface area contributed by atoms with Crippen molar-refractivity contribution in [3.05, 3.63) is 41.3 Å². The SMILES string of the molecule is CCC(CC)(CN)n1cncc1-c1ccccc1Br. The van der Waals surface area contributed by atoms with E-state index in [0.717, 1.165) is 28.6 Å². The number of hydrogen-bond acceptors (Lipinski definition) is 2. The molecule has 2 N–H and O–H groups in total. The Morgan fingerprint density at radius 3 is 2.53 bits per heavy atom. The van der Waals surface area contributed by atoms with E-state index in [4.69, 9.17) is 5.73 Å². The van der Waals surface area contributed by atoms with Crippen molar-refractivity contribution < 1.29 is 0 Å². The van der Waals surface area contributed by atoms with Gasteiger partial charge in [0.15, 0.2) is 0 Å². The molecule has 2 rings (SSSR count). The largest absolute Gasteiger partial charge is 0.328 e. The molecule has 0 amide bonds. The highest BCUT2D eigenvalue weighted by molar-refractivity contribution is 9.10. The third-order valence-corrected chi connectivity index (χ3v) is 4.69. The van der Waals surface area contributed by atoms with Crippen LogP contribution < -0.4 is 5.73 Å². The Balaban J connectivity index is 2.57. The molecule has 0 radical (unpaired) electrons. The first-order valence-electron chi connectivity index (χ1n) is 6.66. The Kier molecular flexibility index (Phi) is 4.42. The number of nitrogens with two attached hydrogens (primary N) is 1. The van der Waals surface area contributed by atoms with Crippen molar-refractivity contribution >= 4 is 15.9 Å². The van der Waals surface area contributed by atoms with Gasteiger partial charge in [0.05, 0.1) is 23.8 Å². The Morgan fingerprint density at radius 1 is 1.26 bits per heavy atom. The lowest BCUT2D eigenvalue weighted by Crippen LogP contribution is -2.40. The van der Waals surface area contributed by atoms with Gasteiger partial charge in [-0.2, -0.15) is 0 Å². The second kappa shape index (κ2) is 5.88. The highest BCUT2D eigenvalue weighted by Crippen LogP contribution is 2.33. The van der Waals surface area contributed by atoms with E-state index in [1.165, 1.54) is 0 Å². The fourth-order valence-electron chi connectivity index (χ4n) is 2.52. The second-order valence-electron chi connectivity index (χ2n) is 4.76. The molecule has 0 saturated heterocycles. The van der Waals surface area contributed by atoms with Gasteiger partial charge in [-0.15, -0.1) is 0 Å². The van der Waals surface area contributed by atoms with E-state index in [1.54, 1.807) is 0 Å². The molecule has 0 aliphatic rings. The van der Waals surface area contributed by atoms with Crippen LogP contribution in [0, 0.1) is 0 Å². The van der Waals surface area contributed by atoms with Crippen LogP contribution in [0.2, 0.25) is 0 Å². The summed E-state index contributed by atoms with van der Waals surface area (Å²) in [5, 5.41) is 0. The maximum absolute atomic E-state index is 6.04. The molecule has 0 aliphatic heterocycles. The molecule has 102 valence electrons. The molecule has 4 heteroatoms. The molecule has 3 nitrogen and oxygen atoms in total. The van der Waals surface area contributed by atoms with E-state index in [-0.39, 0.29) is 5.54 Å². The number of benzene rings is 1. The third kappa shape index (κ3) is 2.47. The summed E-state index contributed by atoms with van der Waals surface area (Å²) in [6.45, 7) is 4.98. The first-order chi connectivity index (χ1) is 9.18. The van der Waals surface area contributed by atoms with Gasteiger partial charge in [-0.25, -0.2) is 4.98 Å². The van der Waals surface area contributed by atoms with Gasteiger partial charge in [0.25, 0.3) is 0 Å². The predicted molar refractivity (Wildman–Crippen MR) is 83.0 cm³/mol. The first-order valence-corrected chi connectivity index (χ1v) is 7.45. The van der Waals surface area contributed by atoms with E-state index in [0.29, 0.717) is 6.54 Å². The lowest BCUT2D eigenvalue weighted by molar-refractivity contribution is 0.274. The summed E-state index contributed by atoms with van der Waals surface area (Å²) in [6, 6.07) is 8.21. The van der Waals surface area contributed by atoms with Gasteiger partial charge in [0.2, 0.25) is 0 Å². The van der Waals surface area contributed by atoms with Gasteiger partial charge in [0, 0.05) is 16.6 Å². The summed E-state index contributed by atoms with van der Waals surface area (Å²) >= 11 is 3.61. The van der Waals surface area contributed by atoms with Crippen LogP contribution in [0.15, 0.2) is 41.3 Å². The van der Waals surface area contributed by atoms with Gasteiger partial charge >= 0.3 is 0 Å². The standard InChI is InChI=1S/C15H20BrN3/c1-3-15(4-2,10-17)19-11-18-9-14(19)12-7-5-6-8-13(12)16/h5-9,11H,3-4,10,17H2,1-2H3. The molecule has 1 aromatic heterocycles. The Hall–Kier alpha value is -1.13. The smallest absolute Gasteiger partial charge is 0.0956 e. The van der Waals surface area contributed by atoms with Gasteiger partial charge in [-0.05, 0) is 18.9 Å². The van der Waals surface area contributed by atoms with Crippen LogP contribution >= 0.6 is 15.9 Å². The van der Waals surface area contributed by atoms with Crippen LogP contribution in [0.25, 0.3) is 11.3 Å². The Morgan fingerprint density at radius 2 is 1.95 bits per heavy atom. The van der Waals surface area contributed by atoms with Crippen LogP contribution in [0.5, 0.6) is 0 Å². The summed E-state index contributed by atoms with van der Waals surface area (Å²) in [4.78, 5) is 4.34. The van der Waals surface area contributed by atoms with Crippen LogP contribution in [-0.2, 0) is 5.54 Å². The topological polar surface area (TPSA) is 43.8 Å². The van der Waals surface area contributed by atoms with Crippen LogP contribution in [0.1, 0.15) is 26.7 Å². The summed E-state index contributed by atoms with van der Waals surface area (Å²) in [5.74, 6) is 0. The zero-order valence-corrected chi connectivity index (χ0v) is 13.0. The van der Waals surface area contributed by atoms with Crippen molar-refractivity contribution in [2.45, 2.75) is 32.2 Å². The minimum atomic E-state index is -0.0544. The average Bonchev–Trinajstić information content (AvgIpc) is 2.92. The first kappa shape index (κ1) is 14.3.